The van der Waals surface area contributed by atoms with Crippen molar-refractivity contribution in [2.75, 3.05) is 7.11 Å². The molecule has 0 aromatic rings. The lowest BCUT2D eigenvalue weighted by Gasteiger charge is -2.29. The van der Waals surface area contributed by atoms with Crippen LogP contribution in [0.5, 0.6) is 0 Å². The predicted molar refractivity (Wildman–Crippen MR) is 64.7 cm³/mol. The average Bonchev–Trinajstić information content (AvgIpc) is 2.33. The highest BCUT2D eigenvalue weighted by Crippen LogP contribution is 2.16. The van der Waals surface area contributed by atoms with Gasteiger partial charge in [-0.25, -0.2) is 4.79 Å². The number of aliphatic carboxylic acids is 1. The summed E-state index contributed by atoms with van der Waals surface area (Å²) in [5, 5.41) is 11.6. The Balaban J connectivity index is 4.78. The van der Waals surface area contributed by atoms with Crippen LogP contribution in [0.3, 0.4) is 0 Å². The number of hydrogen-bond acceptors (Lipinski definition) is 3. The molecule has 0 aromatic carbocycles. The molecule has 0 fully saturated rings. The van der Waals surface area contributed by atoms with Crippen LogP contribution in [-0.4, -0.2) is 35.7 Å². The van der Waals surface area contributed by atoms with Crippen LogP contribution < -0.4 is 5.32 Å². The second-order valence-corrected chi connectivity index (χ2v) is 4.46. The summed E-state index contributed by atoms with van der Waals surface area (Å²) in [6, 6.07) is -0.867. The van der Waals surface area contributed by atoms with E-state index in [1.54, 1.807) is 13.8 Å². The minimum Gasteiger partial charge on any atom is -0.480 e. The van der Waals surface area contributed by atoms with Gasteiger partial charge in [-0.05, 0) is 19.3 Å². The normalized spacial score (nSPS) is 17.9. The molecule has 100 valence electrons. The molecule has 0 saturated carbocycles. The number of hydrogen-bond donors (Lipinski definition) is 2. The Hall–Kier alpha value is -1.10. The first-order chi connectivity index (χ1) is 7.82. The zero-order valence-electron chi connectivity index (χ0n) is 11.2. The zero-order chi connectivity index (χ0) is 13.6. The predicted octanol–water partition coefficient (Wildman–Crippen LogP) is 1.42. The SMILES string of the molecule is CC[C@H](C)[C@H](NC(=O)C(C)(CC)OC)C(=O)O. The van der Waals surface area contributed by atoms with Crippen molar-refractivity contribution < 1.29 is 19.4 Å². The van der Waals surface area contributed by atoms with Crippen LogP contribution in [0, 0.1) is 5.92 Å². The molecular weight excluding hydrogens is 222 g/mol. The van der Waals surface area contributed by atoms with E-state index in [0.29, 0.717) is 12.8 Å². The summed E-state index contributed by atoms with van der Waals surface area (Å²) in [5.41, 5.74) is -0.971. The van der Waals surface area contributed by atoms with E-state index in [1.807, 2.05) is 13.8 Å². The van der Waals surface area contributed by atoms with Crippen LogP contribution in [0.4, 0.5) is 0 Å². The minimum atomic E-state index is -1.01. The van der Waals surface area contributed by atoms with Crippen molar-refractivity contribution in [2.45, 2.75) is 52.2 Å². The van der Waals surface area contributed by atoms with Gasteiger partial charge in [0.15, 0.2) is 0 Å². The first-order valence-electron chi connectivity index (χ1n) is 5.91. The minimum absolute atomic E-state index is 0.116. The quantitative estimate of drug-likeness (QED) is 0.711. The molecule has 0 rings (SSSR count). The van der Waals surface area contributed by atoms with Gasteiger partial charge in [-0.2, -0.15) is 0 Å². The van der Waals surface area contributed by atoms with E-state index in [-0.39, 0.29) is 11.8 Å². The summed E-state index contributed by atoms with van der Waals surface area (Å²) < 4.78 is 5.14. The molecule has 2 N–H and O–H groups in total. The summed E-state index contributed by atoms with van der Waals surface area (Å²) in [7, 11) is 1.45. The molecule has 0 heterocycles. The van der Waals surface area contributed by atoms with Crippen molar-refractivity contribution in [2.24, 2.45) is 5.92 Å². The number of carboxylic acid groups (broad SMARTS) is 1. The number of ether oxygens (including phenoxy) is 1. The van der Waals surface area contributed by atoms with Crippen LogP contribution in [0.2, 0.25) is 0 Å². The van der Waals surface area contributed by atoms with Crippen LogP contribution >= 0.6 is 0 Å². The Morgan fingerprint density at radius 1 is 1.41 bits per heavy atom. The van der Waals surface area contributed by atoms with Gasteiger partial charge in [-0.1, -0.05) is 27.2 Å². The molecule has 0 aliphatic carbocycles. The van der Waals surface area contributed by atoms with E-state index in [0.717, 1.165) is 0 Å². The fourth-order valence-electron chi connectivity index (χ4n) is 1.37. The van der Waals surface area contributed by atoms with E-state index < -0.39 is 17.6 Å². The third-order valence-electron chi connectivity index (χ3n) is 3.37. The van der Waals surface area contributed by atoms with E-state index in [1.165, 1.54) is 7.11 Å². The fourth-order valence-corrected chi connectivity index (χ4v) is 1.37. The highest BCUT2D eigenvalue weighted by atomic mass is 16.5. The van der Waals surface area contributed by atoms with Crippen molar-refractivity contribution in [3.05, 3.63) is 0 Å². The van der Waals surface area contributed by atoms with E-state index in [2.05, 4.69) is 5.32 Å². The second kappa shape index (κ2) is 6.59. The Morgan fingerprint density at radius 3 is 2.24 bits per heavy atom. The maximum absolute atomic E-state index is 12.0. The molecule has 1 amide bonds. The largest absolute Gasteiger partial charge is 0.480 e. The number of carbonyl (C=O) groups excluding carboxylic acids is 1. The highest BCUT2D eigenvalue weighted by molar-refractivity contribution is 5.89. The molecule has 0 radical (unpaired) electrons. The summed E-state index contributed by atoms with van der Waals surface area (Å²) in [6.07, 6.45) is 1.18. The van der Waals surface area contributed by atoms with Gasteiger partial charge < -0.3 is 15.2 Å². The van der Waals surface area contributed by atoms with Crippen molar-refractivity contribution in [3.8, 4) is 0 Å². The lowest BCUT2D eigenvalue weighted by Crippen LogP contribution is -2.53. The molecule has 0 spiro atoms. The lowest BCUT2D eigenvalue weighted by atomic mass is 9.96. The Kier molecular flexibility index (Phi) is 6.16. The van der Waals surface area contributed by atoms with Crippen LogP contribution in [0.15, 0.2) is 0 Å². The van der Waals surface area contributed by atoms with Gasteiger partial charge in [0, 0.05) is 7.11 Å². The summed E-state index contributed by atoms with van der Waals surface area (Å²) in [5.74, 6) is -1.51. The lowest BCUT2D eigenvalue weighted by molar-refractivity contribution is -0.150. The van der Waals surface area contributed by atoms with Crippen molar-refractivity contribution >= 4 is 11.9 Å². The van der Waals surface area contributed by atoms with E-state index >= 15 is 0 Å². The maximum atomic E-state index is 12.0. The Bertz CT molecular complexity index is 274. The monoisotopic (exact) mass is 245 g/mol. The van der Waals surface area contributed by atoms with Gasteiger partial charge >= 0.3 is 5.97 Å². The molecule has 17 heavy (non-hydrogen) atoms. The van der Waals surface area contributed by atoms with Crippen molar-refractivity contribution in [1.82, 2.24) is 5.32 Å². The van der Waals surface area contributed by atoms with Gasteiger partial charge in [-0.3, -0.25) is 4.79 Å². The fraction of sp³-hybridized carbons (Fsp3) is 0.833. The smallest absolute Gasteiger partial charge is 0.326 e. The molecular formula is C12H23NO4. The van der Waals surface area contributed by atoms with E-state index in [4.69, 9.17) is 9.84 Å². The maximum Gasteiger partial charge on any atom is 0.326 e. The van der Waals surface area contributed by atoms with Gasteiger partial charge in [0.2, 0.25) is 0 Å². The summed E-state index contributed by atoms with van der Waals surface area (Å²) >= 11 is 0. The zero-order valence-corrected chi connectivity index (χ0v) is 11.2. The average molecular weight is 245 g/mol. The Morgan fingerprint density at radius 2 is 1.94 bits per heavy atom. The topological polar surface area (TPSA) is 75.6 Å². The van der Waals surface area contributed by atoms with E-state index in [9.17, 15) is 9.59 Å². The number of amides is 1. The molecule has 0 aromatic heterocycles. The number of rotatable bonds is 7. The van der Waals surface area contributed by atoms with Crippen LogP contribution in [0.25, 0.3) is 0 Å². The third kappa shape index (κ3) is 4.00. The first-order valence-corrected chi connectivity index (χ1v) is 5.91. The molecule has 0 aliphatic rings. The summed E-state index contributed by atoms with van der Waals surface area (Å²) in [6.45, 7) is 7.16. The third-order valence-corrected chi connectivity index (χ3v) is 3.37. The first kappa shape index (κ1) is 15.9. The molecule has 5 heteroatoms. The standard InChI is InChI=1S/C12H23NO4/c1-6-8(3)9(10(14)15)13-11(16)12(4,7-2)17-5/h8-9H,6-7H2,1-5H3,(H,13,16)(H,14,15)/t8-,9-,12?/m0/s1. The molecule has 5 nitrogen and oxygen atoms in total. The van der Waals surface area contributed by atoms with Crippen molar-refractivity contribution in [1.29, 1.82) is 0 Å². The molecule has 0 bridgehead atoms. The Labute approximate surface area is 103 Å². The molecule has 3 atom stereocenters. The second-order valence-electron chi connectivity index (χ2n) is 4.46. The number of nitrogens with one attached hydrogen (secondary N) is 1. The number of carbonyl (C=O) groups is 2. The van der Waals surface area contributed by atoms with Crippen LogP contribution in [-0.2, 0) is 14.3 Å². The van der Waals surface area contributed by atoms with Gasteiger partial charge in [-0.15, -0.1) is 0 Å². The summed E-state index contributed by atoms with van der Waals surface area (Å²) in [4.78, 5) is 23.0. The highest BCUT2D eigenvalue weighted by Gasteiger charge is 2.35. The van der Waals surface area contributed by atoms with Gasteiger partial charge in [0.05, 0.1) is 0 Å². The van der Waals surface area contributed by atoms with Gasteiger partial charge in [0.1, 0.15) is 11.6 Å². The van der Waals surface area contributed by atoms with Crippen LogP contribution in [0.1, 0.15) is 40.5 Å². The number of carboxylic acids is 1. The molecule has 0 saturated heterocycles. The number of methoxy groups -OCH3 is 1. The van der Waals surface area contributed by atoms with Gasteiger partial charge in [0.25, 0.3) is 5.91 Å². The van der Waals surface area contributed by atoms with Crippen molar-refractivity contribution in [3.63, 3.8) is 0 Å². The molecule has 1 unspecified atom stereocenters. The molecule has 0 aliphatic heterocycles.